The zero-order valence-corrected chi connectivity index (χ0v) is 19.8. The van der Waals surface area contributed by atoms with E-state index in [2.05, 4.69) is 5.32 Å². The topological polar surface area (TPSA) is 71.3 Å². The monoisotopic (exact) mass is 500 g/mol. The van der Waals surface area contributed by atoms with E-state index in [9.17, 15) is 10.1 Å². The van der Waals surface area contributed by atoms with Crippen LogP contribution in [0.3, 0.4) is 0 Å². The molecule has 0 saturated heterocycles. The molecule has 3 aromatic rings. The van der Waals surface area contributed by atoms with E-state index < -0.39 is 5.91 Å². The molecule has 168 valence electrons. The first-order valence-corrected chi connectivity index (χ1v) is 11.1. The van der Waals surface area contributed by atoms with Crippen LogP contribution in [-0.2, 0) is 11.4 Å². The van der Waals surface area contributed by atoms with Crippen LogP contribution in [0.4, 0.5) is 5.69 Å². The number of nitrogens with zero attached hydrogens (tertiary/aromatic N) is 1. The Labute approximate surface area is 207 Å². The predicted octanol–water partition coefficient (Wildman–Crippen LogP) is 7.17. The molecule has 0 heterocycles. The molecule has 0 bridgehead atoms. The van der Waals surface area contributed by atoms with Gasteiger partial charge < -0.3 is 14.8 Å². The van der Waals surface area contributed by atoms with Gasteiger partial charge in [-0.1, -0.05) is 59.1 Å². The maximum atomic E-state index is 12.6. The van der Waals surface area contributed by atoms with Gasteiger partial charge in [0, 0.05) is 22.3 Å². The number of amides is 1. The highest BCUT2D eigenvalue weighted by atomic mass is 35.5. The van der Waals surface area contributed by atoms with Crippen molar-refractivity contribution in [2.45, 2.75) is 13.5 Å². The molecule has 0 aliphatic heterocycles. The van der Waals surface area contributed by atoms with Crippen LogP contribution in [-0.4, -0.2) is 12.5 Å². The molecule has 0 spiro atoms. The highest BCUT2D eigenvalue weighted by Crippen LogP contribution is 2.36. The summed E-state index contributed by atoms with van der Waals surface area (Å²) in [6.07, 6.45) is 1.40. The summed E-state index contributed by atoms with van der Waals surface area (Å²) in [6.45, 7) is 2.55. The van der Waals surface area contributed by atoms with Crippen LogP contribution in [0.25, 0.3) is 6.08 Å². The number of anilines is 1. The van der Waals surface area contributed by atoms with Crippen molar-refractivity contribution in [2.24, 2.45) is 0 Å². The first kappa shape index (κ1) is 24.5. The second-order valence-electron chi connectivity index (χ2n) is 6.78. The molecule has 0 radical (unpaired) electrons. The molecular formula is C25H19Cl3N2O3. The smallest absolute Gasteiger partial charge is 0.266 e. The number of benzene rings is 3. The first-order valence-electron chi connectivity index (χ1n) is 9.92. The van der Waals surface area contributed by atoms with Crippen LogP contribution in [0, 0.1) is 11.3 Å². The van der Waals surface area contributed by atoms with Gasteiger partial charge in [-0.15, -0.1) is 0 Å². The Morgan fingerprint density at radius 1 is 1.00 bits per heavy atom. The average molecular weight is 502 g/mol. The third-order valence-electron chi connectivity index (χ3n) is 4.43. The largest absolute Gasteiger partial charge is 0.494 e. The fraction of sp³-hybridized carbons (Fsp3) is 0.120. The van der Waals surface area contributed by atoms with Gasteiger partial charge in [-0.2, -0.15) is 5.26 Å². The molecule has 0 atom stereocenters. The number of rotatable bonds is 8. The first-order chi connectivity index (χ1) is 15.9. The van der Waals surface area contributed by atoms with E-state index in [1.54, 1.807) is 42.5 Å². The lowest BCUT2D eigenvalue weighted by molar-refractivity contribution is -0.112. The summed E-state index contributed by atoms with van der Waals surface area (Å²) in [7, 11) is 0. The summed E-state index contributed by atoms with van der Waals surface area (Å²) >= 11 is 18.9. The number of nitriles is 1. The van der Waals surface area contributed by atoms with Crippen molar-refractivity contribution in [3.63, 3.8) is 0 Å². The van der Waals surface area contributed by atoms with Crippen molar-refractivity contribution in [3.8, 4) is 17.6 Å². The number of nitrogens with one attached hydrogen (secondary N) is 1. The quantitative estimate of drug-likeness (QED) is 0.262. The molecule has 0 aliphatic carbocycles. The Morgan fingerprint density at radius 3 is 2.39 bits per heavy atom. The van der Waals surface area contributed by atoms with Crippen molar-refractivity contribution in [3.05, 3.63) is 92.4 Å². The second-order valence-corrected chi connectivity index (χ2v) is 8.00. The molecule has 0 aliphatic rings. The molecule has 33 heavy (non-hydrogen) atoms. The minimum atomic E-state index is -0.572. The maximum Gasteiger partial charge on any atom is 0.266 e. The molecule has 3 rings (SSSR count). The van der Waals surface area contributed by atoms with Crippen molar-refractivity contribution in [2.75, 3.05) is 11.9 Å². The van der Waals surface area contributed by atoms with Gasteiger partial charge in [0.05, 0.1) is 16.7 Å². The summed E-state index contributed by atoms with van der Waals surface area (Å²) in [5.41, 5.74) is 1.65. The summed E-state index contributed by atoms with van der Waals surface area (Å²) in [5, 5.41) is 13.2. The van der Waals surface area contributed by atoms with Gasteiger partial charge in [-0.05, 0) is 48.9 Å². The van der Waals surface area contributed by atoms with E-state index >= 15 is 0 Å². The fourth-order valence-corrected chi connectivity index (χ4v) is 3.71. The van der Waals surface area contributed by atoms with E-state index in [0.29, 0.717) is 28.6 Å². The molecule has 0 fully saturated rings. The number of carbonyl (C=O) groups excluding carboxylic acids is 1. The molecule has 3 aromatic carbocycles. The van der Waals surface area contributed by atoms with Crippen LogP contribution in [0.1, 0.15) is 18.1 Å². The molecule has 5 nitrogen and oxygen atoms in total. The number of hydrogen-bond donors (Lipinski definition) is 1. The van der Waals surface area contributed by atoms with Gasteiger partial charge >= 0.3 is 0 Å². The molecule has 1 amide bonds. The van der Waals surface area contributed by atoms with Crippen LogP contribution in [0.5, 0.6) is 11.5 Å². The molecule has 8 heteroatoms. The minimum Gasteiger partial charge on any atom is -0.494 e. The maximum absolute atomic E-state index is 12.6. The van der Waals surface area contributed by atoms with Crippen LogP contribution in [0.2, 0.25) is 15.1 Å². The Hall–Kier alpha value is -3.17. The zero-order chi connectivity index (χ0) is 23.8. The third-order valence-corrected chi connectivity index (χ3v) is 5.36. The standard InChI is InChI=1S/C25H19Cl3N2O3/c1-2-32-20-8-5-7-19(13-20)30-25(31)18(14-29)10-16-11-22(27)24(23(28)12-16)33-15-17-6-3-4-9-21(17)26/h3-13H,2,15H2,1H3,(H,30,31)/b18-10-. The number of carbonyl (C=O) groups is 1. The van der Waals surface area contributed by atoms with Crippen molar-refractivity contribution in [1.29, 1.82) is 5.26 Å². The van der Waals surface area contributed by atoms with Gasteiger partial charge in [-0.25, -0.2) is 0 Å². The van der Waals surface area contributed by atoms with E-state index in [1.165, 1.54) is 6.08 Å². The highest BCUT2D eigenvalue weighted by Gasteiger charge is 2.14. The zero-order valence-electron chi connectivity index (χ0n) is 17.6. The Morgan fingerprint density at radius 2 is 1.73 bits per heavy atom. The van der Waals surface area contributed by atoms with Crippen LogP contribution >= 0.6 is 34.8 Å². The molecule has 0 saturated carbocycles. The van der Waals surface area contributed by atoms with Crippen molar-refractivity contribution < 1.29 is 14.3 Å². The molecule has 1 N–H and O–H groups in total. The second kappa shape index (κ2) is 11.6. The van der Waals surface area contributed by atoms with Gasteiger partial charge in [0.1, 0.15) is 24.0 Å². The fourth-order valence-electron chi connectivity index (χ4n) is 2.91. The van der Waals surface area contributed by atoms with E-state index in [1.807, 2.05) is 31.2 Å². The third kappa shape index (κ3) is 6.66. The summed E-state index contributed by atoms with van der Waals surface area (Å²) in [5.74, 6) is 0.326. The predicted molar refractivity (Wildman–Crippen MR) is 132 cm³/mol. The van der Waals surface area contributed by atoms with E-state index in [-0.39, 0.29) is 28.0 Å². The Kier molecular flexibility index (Phi) is 8.62. The van der Waals surface area contributed by atoms with Gasteiger partial charge in [0.15, 0.2) is 5.75 Å². The van der Waals surface area contributed by atoms with Crippen molar-refractivity contribution in [1.82, 2.24) is 0 Å². The lowest BCUT2D eigenvalue weighted by Crippen LogP contribution is -2.13. The highest BCUT2D eigenvalue weighted by molar-refractivity contribution is 6.37. The Bertz CT molecular complexity index is 1210. The summed E-state index contributed by atoms with van der Waals surface area (Å²) < 4.78 is 11.2. The number of halogens is 3. The van der Waals surface area contributed by atoms with Gasteiger partial charge in [0.25, 0.3) is 5.91 Å². The Balaban J connectivity index is 1.76. The summed E-state index contributed by atoms with van der Waals surface area (Å²) in [6, 6.07) is 19.2. The normalized spacial score (nSPS) is 10.9. The number of ether oxygens (including phenoxy) is 2. The lowest BCUT2D eigenvalue weighted by Gasteiger charge is -2.12. The van der Waals surface area contributed by atoms with Crippen molar-refractivity contribution >= 4 is 52.5 Å². The number of hydrogen-bond acceptors (Lipinski definition) is 4. The molecule has 0 unspecified atom stereocenters. The summed E-state index contributed by atoms with van der Waals surface area (Å²) in [4.78, 5) is 12.6. The van der Waals surface area contributed by atoms with E-state index in [4.69, 9.17) is 44.3 Å². The van der Waals surface area contributed by atoms with E-state index in [0.717, 1.165) is 5.56 Å². The molecule has 0 aromatic heterocycles. The minimum absolute atomic E-state index is 0.117. The lowest BCUT2D eigenvalue weighted by atomic mass is 10.1. The van der Waals surface area contributed by atoms with Gasteiger partial charge in [-0.3, -0.25) is 4.79 Å². The average Bonchev–Trinajstić information content (AvgIpc) is 2.78. The molecular weight excluding hydrogens is 483 g/mol. The SMILES string of the molecule is CCOc1cccc(NC(=O)/C(C#N)=C\c2cc(Cl)c(OCc3ccccc3Cl)c(Cl)c2)c1. The van der Waals surface area contributed by atoms with Crippen LogP contribution < -0.4 is 14.8 Å². The van der Waals surface area contributed by atoms with Gasteiger partial charge in [0.2, 0.25) is 0 Å². The van der Waals surface area contributed by atoms with Crippen LogP contribution in [0.15, 0.2) is 66.2 Å².